The van der Waals surface area contributed by atoms with Gasteiger partial charge in [-0.3, -0.25) is 11.1 Å². The molecule has 1 fully saturated rings. The molecule has 1 rings (SSSR count). The van der Waals surface area contributed by atoms with Crippen LogP contribution < -0.4 is 51.4 Å². The molecule has 74 valence electrons. The van der Waals surface area contributed by atoms with E-state index in [-0.39, 0.29) is 63.9 Å². The van der Waals surface area contributed by atoms with Crippen molar-refractivity contribution in [1.82, 2.24) is 0 Å². The third kappa shape index (κ3) is 2.23. The zero-order valence-corrected chi connectivity index (χ0v) is 11.8. The van der Waals surface area contributed by atoms with Gasteiger partial charge in [0.05, 0.1) is 0 Å². The number of ether oxygens (including phenoxy) is 1. The standard InChI is InChI=1S/C9H12O4.K/c1-3-6(4-10)9(2)7(5-11)8(12)13-9;/h6,11H,3,5H2,1-2H3;/q-2;+1. The Hall–Kier alpha value is 0.606. The number of aliphatic hydroxyl groups is 1. The Kier molecular flexibility index (Phi) is 5.87. The summed E-state index contributed by atoms with van der Waals surface area (Å²) in [5.41, 5.74) is -0.928. The van der Waals surface area contributed by atoms with Gasteiger partial charge in [0, 0.05) is 0 Å². The molecule has 1 aliphatic heterocycles. The van der Waals surface area contributed by atoms with Gasteiger partial charge in [0.1, 0.15) is 0 Å². The minimum absolute atomic E-state index is 0. The van der Waals surface area contributed by atoms with Crippen LogP contribution in [0.4, 0.5) is 0 Å². The van der Waals surface area contributed by atoms with Crippen LogP contribution in [0.5, 0.6) is 0 Å². The summed E-state index contributed by atoms with van der Waals surface area (Å²) in [6.07, 6.45) is 2.36. The van der Waals surface area contributed by atoms with Gasteiger partial charge < -0.3 is 14.6 Å². The van der Waals surface area contributed by atoms with E-state index in [1.807, 2.05) is 13.2 Å². The van der Waals surface area contributed by atoms with Gasteiger partial charge in [-0.1, -0.05) is 26.9 Å². The summed E-state index contributed by atoms with van der Waals surface area (Å²) in [6, 6.07) is 0. The smallest absolute Gasteiger partial charge is 0.541 e. The zero-order chi connectivity index (χ0) is 10.1. The first-order valence-corrected chi connectivity index (χ1v) is 4.18. The summed E-state index contributed by atoms with van der Waals surface area (Å²) in [4.78, 5) is 21.4. The van der Waals surface area contributed by atoms with Crippen molar-refractivity contribution in [2.45, 2.75) is 25.9 Å². The van der Waals surface area contributed by atoms with Crippen LogP contribution in [0.1, 0.15) is 20.3 Å². The molecule has 0 aromatic carbocycles. The molecule has 1 aliphatic rings. The van der Waals surface area contributed by atoms with E-state index < -0.39 is 17.5 Å². The summed E-state index contributed by atoms with van der Waals surface area (Å²) in [6.45, 7) is 3.08. The molecule has 2 atom stereocenters. The van der Waals surface area contributed by atoms with Crippen LogP contribution >= 0.6 is 0 Å². The first-order valence-electron chi connectivity index (χ1n) is 4.18. The van der Waals surface area contributed by atoms with Crippen LogP contribution in [0, 0.1) is 11.8 Å². The van der Waals surface area contributed by atoms with E-state index in [9.17, 15) is 9.59 Å². The third-order valence-corrected chi connectivity index (χ3v) is 2.52. The number of esters is 1. The molecule has 0 radical (unpaired) electrons. The Morgan fingerprint density at radius 1 is 1.71 bits per heavy atom. The van der Waals surface area contributed by atoms with Crippen molar-refractivity contribution >= 4 is 12.3 Å². The molecule has 1 saturated heterocycles. The van der Waals surface area contributed by atoms with Gasteiger partial charge in [0.15, 0.2) is 5.97 Å². The number of carbonyl (C=O) groups excluding carboxylic acids is 2. The number of rotatable bonds is 4. The third-order valence-electron chi connectivity index (χ3n) is 2.52. The average Bonchev–Trinajstić information content (AvgIpc) is 2.06. The number of carbonyl (C=O) groups is 1. The summed E-state index contributed by atoms with van der Waals surface area (Å²) in [5, 5.41) is 8.86. The predicted octanol–water partition coefficient (Wildman–Crippen LogP) is -2.99. The van der Waals surface area contributed by atoms with Crippen molar-refractivity contribution in [1.29, 1.82) is 0 Å². The van der Waals surface area contributed by atoms with E-state index in [1.54, 1.807) is 6.92 Å². The average molecular weight is 223 g/mol. The molecule has 0 saturated carbocycles. The maximum atomic E-state index is 10.9. The normalized spacial score (nSPS) is 27.1. The van der Waals surface area contributed by atoms with Crippen LogP contribution in [0.15, 0.2) is 0 Å². The number of hydrogen-bond donors (Lipinski definition) is 1. The molecule has 0 spiro atoms. The predicted molar refractivity (Wildman–Crippen MR) is 44.3 cm³/mol. The molecule has 0 aliphatic carbocycles. The van der Waals surface area contributed by atoms with Crippen LogP contribution in [0.2, 0.25) is 0 Å². The van der Waals surface area contributed by atoms with Crippen molar-refractivity contribution in [2.24, 2.45) is 5.92 Å². The van der Waals surface area contributed by atoms with E-state index in [2.05, 4.69) is 0 Å². The maximum absolute atomic E-state index is 10.9. The van der Waals surface area contributed by atoms with Gasteiger partial charge >= 0.3 is 51.4 Å². The van der Waals surface area contributed by atoms with Crippen LogP contribution in [-0.2, 0) is 14.3 Å². The van der Waals surface area contributed by atoms with Crippen molar-refractivity contribution in [3.05, 3.63) is 5.92 Å². The first-order chi connectivity index (χ1) is 6.10. The van der Waals surface area contributed by atoms with E-state index in [0.29, 0.717) is 6.42 Å². The first kappa shape index (κ1) is 14.6. The van der Waals surface area contributed by atoms with Crippen molar-refractivity contribution in [2.75, 3.05) is 6.61 Å². The van der Waals surface area contributed by atoms with Gasteiger partial charge in [-0.15, -0.1) is 5.92 Å². The second-order valence-corrected chi connectivity index (χ2v) is 3.21. The molecule has 14 heavy (non-hydrogen) atoms. The van der Waals surface area contributed by atoms with Crippen LogP contribution in [0.3, 0.4) is 0 Å². The Labute approximate surface area is 126 Å². The molecule has 0 aromatic heterocycles. The van der Waals surface area contributed by atoms with Crippen LogP contribution in [0.25, 0.3) is 0 Å². The van der Waals surface area contributed by atoms with E-state index in [4.69, 9.17) is 9.84 Å². The van der Waals surface area contributed by atoms with E-state index in [0.717, 1.165) is 0 Å². The fraction of sp³-hybridized carbons (Fsp3) is 0.667. The Morgan fingerprint density at radius 2 is 2.29 bits per heavy atom. The molecule has 0 bridgehead atoms. The molecule has 5 heteroatoms. The Morgan fingerprint density at radius 3 is 2.57 bits per heavy atom. The zero-order valence-electron chi connectivity index (χ0n) is 8.66. The quantitative estimate of drug-likeness (QED) is 0.314. The number of cyclic esters (lactones) is 1. The molecular weight excluding hydrogens is 211 g/mol. The Bertz CT molecular complexity index is 223. The topological polar surface area (TPSA) is 63.6 Å². The monoisotopic (exact) mass is 223 g/mol. The van der Waals surface area contributed by atoms with Crippen molar-refractivity contribution < 1.29 is 70.8 Å². The molecular formula is C9H12KO4-. The fourth-order valence-corrected chi connectivity index (χ4v) is 1.56. The van der Waals surface area contributed by atoms with Gasteiger partial charge in [-0.25, -0.2) is 5.92 Å². The number of aliphatic hydroxyl groups excluding tert-OH is 1. The minimum atomic E-state index is -0.928. The summed E-state index contributed by atoms with van der Waals surface area (Å²) in [5.74, 6) is -0.728. The number of hydrogen-bond acceptors (Lipinski definition) is 4. The maximum Gasteiger partial charge on any atom is 1.00 e. The van der Waals surface area contributed by atoms with Crippen molar-refractivity contribution in [3.63, 3.8) is 0 Å². The second kappa shape index (κ2) is 5.63. The largest absolute Gasteiger partial charge is 1.00 e. The van der Waals surface area contributed by atoms with Gasteiger partial charge in [0.2, 0.25) is 0 Å². The van der Waals surface area contributed by atoms with Gasteiger partial charge in [-0.05, 0) is 5.60 Å². The molecule has 2 unspecified atom stereocenters. The molecule has 4 nitrogen and oxygen atoms in total. The minimum Gasteiger partial charge on any atom is -0.541 e. The van der Waals surface area contributed by atoms with E-state index >= 15 is 0 Å². The Balaban J connectivity index is 0.00000169. The van der Waals surface area contributed by atoms with Crippen LogP contribution in [-0.4, -0.2) is 29.6 Å². The van der Waals surface area contributed by atoms with Gasteiger partial charge in [0.25, 0.3) is 0 Å². The summed E-state index contributed by atoms with van der Waals surface area (Å²) < 4.78 is 4.88. The second-order valence-electron chi connectivity index (χ2n) is 3.21. The SMILES string of the molecule is CCC([C-]=O)C1(C)OC(=O)[C-]1CO.[K+]. The summed E-state index contributed by atoms with van der Waals surface area (Å²) in [7, 11) is 0. The molecule has 0 amide bonds. The summed E-state index contributed by atoms with van der Waals surface area (Å²) >= 11 is 0. The van der Waals surface area contributed by atoms with Gasteiger partial charge in [-0.2, -0.15) is 0 Å². The fourth-order valence-electron chi connectivity index (χ4n) is 1.56. The van der Waals surface area contributed by atoms with E-state index in [1.165, 1.54) is 0 Å². The van der Waals surface area contributed by atoms with Crippen molar-refractivity contribution in [3.8, 4) is 0 Å². The molecule has 0 aromatic rings. The molecule has 1 N–H and O–H groups in total. The molecule has 1 heterocycles.